The van der Waals surface area contributed by atoms with Gasteiger partial charge in [-0.3, -0.25) is 4.98 Å². The van der Waals surface area contributed by atoms with E-state index >= 15 is 0 Å². The summed E-state index contributed by atoms with van der Waals surface area (Å²) in [5, 5.41) is 0. The molecule has 3 nitrogen and oxygen atoms in total. The molecule has 0 aliphatic rings. The number of rotatable bonds is 3. The summed E-state index contributed by atoms with van der Waals surface area (Å²) in [6, 6.07) is 23.6. The average molecular weight is 383 g/mol. The molecule has 4 rings (SSSR count). The van der Waals surface area contributed by atoms with E-state index in [1.54, 1.807) is 12.3 Å². The predicted octanol–water partition coefficient (Wildman–Crippen LogP) is 6.31. The van der Waals surface area contributed by atoms with Crippen molar-refractivity contribution in [3.63, 3.8) is 0 Å². The van der Waals surface area contributed by atoms with Crippen molar-refractivity contribution in [2.45, 2.75) is 26.2 Å². The van der Waals surface area contributed by atoms with Crippen molar-refractivity contribution in [2.24, 2.45) is 0 Å². The first-order valence-electron chi connectivity index (χ1n) is 9.57. The molecule has 4 heteroatoms. The molecule has 0 bridgehead atoms. The Morgan fingerprint density at radius 1 is 0.655 bits per heavy atom. The van der Waals surface area contributed by atoms with Crippen LogP contribution in [-0.4, -0.2) is 15.0 Å². The fourth-order valence-corrected chi connectivity index (χ4v) is 3.18. The standard InChI is InChI=1S/C25H22FN3/c1-25(2,3)20-12-9-18(10-13-20)22-15-23(29-24(26)28-22)19-11-14-21(27-16-19)17-7-5-4-6-8-17/h4-16H,1-3H3. The zero-order valence-electron chi connectivity index (χ0n) is 16.7. The zero-order valence-corrected chi connectivity index (χ0v) is 16.7. The highest BCUT2D eigenvalue weighted by Gasteiger charge is 2.14. The van der Waals surface area contributed by atoms with Gasteiger partial charge in [0, 0.05) is 22.9 Å². The summed E-state index contributed by atoms with van der Waals surface area (Å²) >= 11 is 0. The molecule has 0 radical (unpaired) electrons. The molecule has 0 spiro atoms. The van der Waals surface area contributed by atoms with Gasteiger partial charge in [0.1, 0.15) is 0 Å². The van der Waals surface area contributed by atoms with E-state index < -0.39 is 6.08 Å². The molecule has 0 amide bonds. The lowest BCUT2D eigenvalue weighted by Crippen LogP contribution is -2.10. The van der Waals surface area contributed by atoms with Crippen LogP contribution >= 0.6 is 0 Å². The third-order valence-electron chi connectivity index (χ3n) is 4.87. The number of benzene rings is 2. The molecular weight excluding hydrogens is 361 g/mol. The van der Waals surface area contributed by atoms with E-state index in [1.165, 1.54) is 5.56 Å². The molecule has 0 aliphatic heterocycles. The van der Waals surface area contributed by atoms with Crippen molar-refractivity contribution in [1.82, 2.24) is 15.0 Å². The lowest BCUT2D eigenvalue weighted by atomic mass is 9.86. The zero-order chi connectivity index (χ0) is 20.4. The quantitative estimate of drug-likeness (QED) is 0.389. The van der Waals surface area contributed by atoms with Gasteiger partial charge in [-0.2, -0.15) is 4.39 Å². The first-order chi connectivity index (χ1) is 13.9. The smallest absolute Gasteiger partial charge is 0.256 e. The normalized spacial score (nSPS) is 11.4. The highest BCUT2D eigenvalue weighted by atomic mass is 19.1. The Balaban J connectivity index is 1.67. The van der Waals surface area contributed by atoms with Crippen LogP contribution in [-0.2, 0) is 5.41 Å². The van der Waals surface area contributed by atoms with Crippen molar-refractivity contribution >= 4 is 0 Å². The van der Waals surface area contributed by atoms with Gasteiger partial charge in [0.25, 0.3) is 0 Å². The molecule has 144 valence electrons. The van der Waals surface area contributed by atoms with E-state index in [2.05, 4.69) is 47.9 Å². The maximum Gasteiger partial charge on any atom is 0.309 e. The molecule has 29 heavy (non-hydrogen) atoms. The number of pyridine rings is 1. The summed E-state index contributed by atoms with van der Waals surface area (Å²) in [5.41, 5.74) is 5.85. The molecule has 4 aromatic rings. The lowest BCUT2D eigenvalue weighted by molar-refractivity contribution is 0.542. The highest BCUT2D eigenvalue weighted by molar-refractivity contribution is 5.69. The Morgan fingerprint density at radius 3 is 1.83 bits per heavy atom. The van der Waals surface area contributed by atoms with Gasteiger partial charge in [-0.1, -0.05) is 75.4 Å². The van der Waals surface area contributed by atoms with Crippen molar-refractivity contribution in [1.29, 1.82) is 0 Å². The number of hydrogen-bond donors (Lipinski definition) is 0. The summed E-state index contributed by atoms with van der Waals surface area (Å²) in [6.07, 6.45) is 0.973. The van der Waals surface area contributed by atoms with Crippen molar-refractivity contribution in [3.8, 4) is 33.8 Å². The number of halogens is 1. The lowest BCUT2D eigenvalue weighted by Gasteiger charge is -2.19. The van der Waals surface area contributed by atoms with Gasteiger partial charge >= 0.3 is 6.08 Å². The topological polar surface area (TPSA) is 38.7 Å². The molecule has 0 atom stereocenters. The van der Waals surface area contributed by atoms with Crippen molar-refractivity contribution in [3.05, 3.63) is 90.6 Å². The third-order valence-corrected chi connectivity index (χ3v) is 4.87. The van der Waals surface area contributed by atoms with Gasteiger partial charge in [0.15, 0.2) is 0 Å². The van der Waals surface area contributed by atoms with E-state index in [0.717, 1.165) is 22.4 Å². The molecule has 0 aliphatic carbocycles. The van der Waals surface area contributed by atoms with Crippen LogP contribution < -0.4 is 0 Å². The van der Waals surface area contributed by atoms with E-state index in [4.69, 9.17) is 0 Å². The number of aromatic nitrogens is 3. The van der Waals surface area contributed by atoms with Gasteiger partial charge in [-0.05, 0) is 29.2 Å². The second-order valence-corrected chi connectivity index (χ2v) is 8.03. The van der Waals surface area contributed by atoms with Gasteiger partial charge in [-0.25, -0.2) is 9.97 Å². The van der Waals surface area contributed by atoms with E-state index in [0.29, 0.717) is 11.4 Å². The third kappa shape index (κ3) is 4.21. The molecule has 0 saturated heterocycles. The summed E-state index contributed by atoms with van der Waals surface area (Å²) < 4.78 is 14.2. The summed E-state index contributed by atoms with van der Waals surface area (Å²) in [5.74, 6) is 0. The van der Waals surface area contributed by atoms with Crippen LogP contribution in [0, 0.1) is 6.08 Å². The minimum atomic E-state index is -0.746. The molecule has 2 aromatic heterocycles. The first kappa shape index (κ1) is 18.9. The molecule has 2 heterocycles. The van der Waals surface area contributed by atoms with Crippen LogP contribution in [0.15, 0.2) is 79.0 Å². The van der Waals surface area contributed by atoms with Crippen LogP contribution in [0.25, 0.3) is 33.8 Å². The Hall–Kier alpha value is -3.40. The summed E-state index contributed by atoms with van der Waals surface area (Å²) in [4.78, 5) is 12.5. The van der Waals surface area contributed by atoms with E-state index in [9.17, 15) is 4.39 Å². The van der Waals surface area contributed by atoms with Crippen LogP contribution in [0.5, 0.6) is 0 Å². The molecule has 2 aromatic carbocycles. The maximum atomic E-state index is 14.2. The first-order valence-corrected chi connectivity index (χ1v) is 9.57. The van der Waals surface area contributed by atoms with Crippen LogP contribution in [0.1, 0.15) is 26.3 Å². The molecule has 0 saturated carbocycles. The molecular formula is C25H22FN3. The Kier molecular flexibility index (Phi) is 4.93. The van der Waals surface area contributed by atoms with Gasteiger partial charge < -0.3 is 0 Å². The van der Waals surface area contributed by atoms with Crippen molar-refractivity contribution < 1.29 is 4.39 Å². The SMILES string of the molecule is CC(C)(C)c1ccc(-c2cc(-c3ccc(-c4ccccc4)nc3)nc(F)n2)cc1. The molecule has 0 fully saturated rings. The maximum absolute atomic E-state index is 14.2. The predicted molar refractivity (Wildman–Crippen MR) is 115 cm³/mol. The summed E-state index contributed by atoms with van der Waals surface area (Å²) in [7, 11) is 0. The van der Waals surface area contributed by atoms with Crippen LogP contribution in [0.3, 0.4) is 0 Å². The largest absolute Gasteiger partial charge is 0.309 e. The Morgan fingerprint density at radius 2 is 1.24 bits per heavy atom. The van der Waals surface area contributed by atoms with Gasteiger partial charge in [-0.15, -0.1) is 0 Å². The second-order valence-electron chi connectivity index (χ2n) is 8.03. The fraction of sp³-hybridized carbons (Fsp3) is 0.160. The highest BCUT2D eigenvalue weighted by Crippen LogP contribution is 2.28. The van der Waals surface area contributed by atoms with Crippen molar-refractivity contribution in [2.75, 3.05) is 0 Å². The van der Waals surface area contributed by atoms with Crippen LogP contribution in [0.2, 0.25) is 0 Å². The molecule has 0 N–H and O–H groups in total. The monoisotopic (exact) mass is 383 g/mol. The van der Waals surface area contributed by atoms with Gasteiger partial charge in [0.05, 0.1) is 17.1 Å². The fourth-order valence-electron chi connectivity index (χ4n) is 3.18. The van der Waals surface area contributed by atoms with Crippen LogP contribution in [0.4, 0.5) is 4.39 Å². The minimum Gasteiger partial charge on any atom is -0.256 e. The Bertz CT molecular complexity index is 1110. The Labute approximate surface area is 170 Å². The number of hydrogen-bond acceptors (Lipinski definition) is 3. The minimum absolute atomic E-state index is 0.0623. The number of nitrogens with zero attached hydrogens (tertiary/aromatic N) is 3. The van der Waals surface area contributed by atoms with Gasteiger partial charge in [0.2, 0.25) is 0 Å². The average Bonchev–Trinajstić information content (AvgIpc) is 2.73. The molecule has 0 unspecified atom stereocenters. The van der Waals surface area contributed by atoms with E-state index in [-0.39, 0.29) is 5.41 Å². The summed E-state index contributed by atoms with van der Waals surface area (Å²) in [6.45, 7) is 6.49. The van der Waals surface area contributed by atoms with E-state index in [1.807, 2.05) is 54.6 Å². The second kappa shape index (κ2) is 7.55.